The van der Waals surface area contributed by atoms with E-state index >= 15 is 0 Å². The molecule has 0 aromatic carbocycles. The van der Waals surface area contributed by atoms with Gasteiger partial charge in [-0.3, -0.25) is 9.59 Å². The summed E-state index contributed by atoms with van der Waals surface area (Å²) in [4.78, 5) is 22.4. The fourth-order valence-electron chi connectivity index (χ4n) is 0.984. The van der Waals surface area contributed by atoms with Crippen molar-refractivity contribution in [3.8, 4) is 0 Å². The summed E-state index contributed by atoms with van der Waals surface area (Å²) in [7, 11) is 1.53. The van der Waals surface area contributed by atoms with Crippen molar-refractivity contribution >= 4 is 12.3 Å². The molecule has 1 saturated heterocycles. The van der Waals surface area contributed by atoms with Crippen LogP contribution in [0.4, 0.5) is 0 Å². The summed E-state index contributed by atoms with van der Waals surface area (Å²) in [5.41, 5.74) is 0.414. The molecule has 0 aromatic heterocycles. The Morgan fingerprint density at radius 2 is 2.42 bits per heavy atom. The molecule has 1 rings (SSSR count). The van der Waals surface area contributed by atoms with E-state index in [2.05, 4.69) is 5.32 Å². The van der Waals surface area contributed by atoms with Gasteiger partial charge in [-0.25, -0.2) is 0 Å². The molecule has 0 aromatic rings. The van der Waals surface area contributed by atoms with Crippen molar-refractivity contribution in [1.82, 2.24) is 10.2 Å². The maximum absolute atomic E-state index is 11.0. The van der Waals surface area contributed by atoms with Gasteiger partial charge in [0.05, 0.1) is 0 Å². The van der Waals surface area contributed by atoms with E-state index in [4.69, 9.17) is 5.11 Å². The Balaban J connectivity index is 2.69. The molecule has 1 aliphatic rings. The summed E-state index contributed by atoms with van der Waals surface area (Å²) >= 11 is 0. The monoisotopic (exact) mass is 170 g/mol. The zero-order valence-corrected chi connectivity index (χ0v) is 6.65. The fraction of sp³-hybridized carbons (Fsp3) is 0.429. The van der Waals surface area contributed by atoms with Crippen LogP contribution in [0.25, 0.3) is 0 Å². The Morgan fingerprint density at radius 1 is 1.75 bits per heavy atom. The van der Waals surface area contributed by atoms with Crippen LogP contribution in [0.1, 0.15) is 6.42 Å². The number of carbonyl (C=O) groups is 2. The third kappa shape index (κ3) is 1.82. The summed E-state index contributed by atoms with van der Waals surface area (Å²) < 4.78 is 0. The molecule has 2 N–H and O–H groups in total. The Labute approximate surface area is 69.7 Å². The lowest BCUT2D eigenvalue weighted by atomic mass is 10.2. The van der Waals surface area contributed by atoms with E-state index in [1.807, 2.05) is 0 Å². The van der Waals surface area contributed by atoms with Gasteiger partial charge in [0, 0.05) is 25.2 Å². The van der Waals surface area contributed by atoms with Crippen LogP contribution < -0.4 is 5.32 Å². The molecular formula is C7H10N2O3. The van der Waals surface area contributed by atoms with Gasteiger partial charge in [0.25, 0.3) is 5.91 Å². The summed E-state index contributed by atoms with van der Waals surface area (Å²) in [6.45, 7) is 0. The zero-order valence-electron chi connectivity index (χ0n) is 6.65. The number of aliphatic hydroxyl groups is 1. The lowest BCUT2D eigenvalue weighted by Crippen LogP contribution is -2.24. The minimum absolute atomic E-state index is 0.247. The first-order valence-electron chi connectivity index (χ1n) is 3.50. The van der Waals surface area contributed by atoms with Gasteiger partial charge in [0.2, 0.25) is 6.41 Å². The molecule has 0 radical (unpaired) electrons. The van der Waals surface area contributed by atoms with E-state index in [0.717, 1.165) is 0 Å². The van der Waals surface area contributed by atoms with Crippen molar-refractivity contribution in [2.24, 2.45) is 0 Å². The van der Waals surface area contributed by atoms with Crippen molar-refractivity contribution in [1.29, 1.82) is 0 Å². The van der Waals surface area contributed by atoms with Crippen molar-refractivity contribution in [2.75, 3.05) is 7.05 Å². The highest BCUT2D eigenvalue weighted by atomic mass is 16.3. The average molecular weight is 170 g/mol. The zero-order chi connectivity index (χ0) is 9.14. The van der Waals surface area contributed by atoms with Gasteiger partial charge in [-0.15, -0.1) is 0 Å². The minimum atomic E-state index is -0.816. The molecule has 12 heavy (non-hydrogen) atoms. The normalized spacial score (nSPS) is 25.7. The molecule has 1 atom stereocenters. The van der Waals surface area contributed by atoms with Gasteiger partial charge in [-0.2, -0.15) is 0 Å². The maximum atomic E-state index is 11.0. The molecule has 5 heteroatoms. The van der Waals surface area contributed by atoms with Crippen molar-refractivity contribution < 1.29 is 14.7 Å². The van der Waals surface area contributed by atoms with Crippen LogP contribution in [-0.4, -0.2) is 35.6 Å². The SMILES string of the molecule is CN(C=O)/C=C1/C[C@@H](O)NC1=O. The number of carbonyl (C=O) groups excluding carboxylic acids is 2. The molecule has 0 aliphatic carbocycles. The van der Waals surface area contributed by atoms with E-state index in [-0.39, 0.29) is 12.3 Å². The standard InChI is InChI=1S/C7H10N2O3/c1-9(4-10)3-5-2-6(11)8-7(5)12/h3-4,6,11H,2H2,1H3,(H,8,12)/b5-3-/t6-/m1/s1. The average Bonchev–Trinajstić information content (AvgIpc) is 2.30. The maximum Gasteiger partial charge on any atom is 0.250 e. The van der Waals surface area contributed by atoms with E-state index < -0.39 is 6.23 Å². The number of aliphatic hydroxyl groups excluding tert-OH is 1. The second-order valence-corrected chi connectivity index (χ2v) is 2.62. The predicted molar refractivity (Wildman–Crippen MR) is 40.7 cm³/mol. The third-order valence-corrected chi connectivity index (χ3v) is 1.53. The first-order chi connectivity index (χ1) is 5.63. The van der Waals surface area contributed by atoms with Gasteiger partial charge in [0.15, 0.2) is 0 Å². The van der Waals surface area contributed by atoms with Gasteiger partial charge in [-0.1, -0.05) is 0 Å². The highest BCUT2D eigenvalue weighted by molar-refractivity contribution is 5.95. The van der Waals surface area contributed by atoms with Crippen molar-refractivity contribution in [2.45, 2.75) is 12.6 Å². The van der Waals surface area contributed by atoms with Crippen LogP contribution in [0.3, 0.4) is 0 Å². The van der Waals surface area contributed by atoms with Gasteiger partial charge < -0.3 is 15.3 Å². The van der Waals surface area contributed by atoms with Crippen LogP contribution in [-0.2, 0) is 9.59 Å². The lowest BCUT2D eigenvalue weighted by molar-refractivity contribution is -0.117. The van der Waals surface area contributed by atoms with Crippen molar-refractivity contribution in [3.63, 3.8) is 0 Å². The Morgan fingerprint density at radius 3 is 2.83 bits per heavy atom. The fourth-order valence-corrected chi connectivity index (χ4v) is 0.984. The number of nitrogens with zero attached hydrogens (tertiary/aromatic N) is 1. The largest absolute Gasteiger partial charge is 0.373 e. The number of amides is 2. The van der Waals surface area contributed by atoms with E-state index in [9.17, 15) is 9.59 Å². The summed E-state index contributed by atoms with van der Waals surface area (Å²) in [5, 5.41) is 11.3. The number of nitrogens with one attached hydrogen (secondary N) is 1. The topological polar surface area (TPSA) is 69.6 Å². The second-order valence-electron chi connectivity index (χ2n) is 2.62. The molecule has 1 heterocycles. The molecular weight excluding hydrogens is 160 g/mol. The molecule has 1 fully saturated rings. The van der Waals surface area contributed by atoms with Crippen LogP contribution in [0.2, 0.25) is 0 Å². The summed E-state index contributed by atoms with van der Waals surface area (Å²) in [5.74, 6) is -0.323. The predicted octanol–water partition coefficient (Wildman–Crippen LogP) is -1.20. The summed E-state index contributed by atoms with van der Waals surface area (Å²) in [6.07, 6.45) is 1.42. The smallest absolute Gasteiger partial charge is 0.250 e. The molecule has 66 valence electrons. The molecule has 2 amide bonds. The van der Waals surface area contributed by atoms with E-state index in [1.54, 1.807) is 0 Å². The molecule has 0 bridgehead atoms. The number of hydrogen-bond acceptors (Lipinski definition) is 3. The molecule has 0 saturated carbocycles. The molecule has 1 aliphatic heterocycles. The number of hydrogen-bond donors (Lipinski definition) is 2. The third-order valence-electron chi connectivity index (χ3n) is 1.53. The molecule has 5 nitrogen and oxygen atoms in total. The van der Waals surface area contributed by atoms with E-state index in [0.29, 0.717) is 12.0 Å². The van der Waals surface area contributed by atoms with E-state index in [1.165, 1.54) is 18.1 Å². The minimum Gasteiger partial charge on any atom is -0.373 e. The Hall–Kier alpha value is -1.36. The molecule has 0 spiro atoms. The van der Waals surface area contributed by atoms with Gasteiger partial charge >= 0.3 is 0 Å². The first kappa shape index (κ1) is 8.73. The number of rotatable bonds is 2. The van der Waals surface area contributed by atoms with Crippen LogP contribution in [0.5, 0.6) is 0 Å². The van der Waals surface area contributed by atoms with Crippen LogP contribution in [0, 0.1) is 0 Å². The quantitative estimate of drug-likeness (QED) is 0.404. The van der Waals surface area contributed by atoms with Crippen molar-refractivity contribution in [3.05, 3.63) is 11.8 Å². The lowest BCUT2D eigenvalue weighted by Gasteiger charge is -2.02. The highest BCUT2D eigenvalue weighted by Gasteiger charge is 2.24. The molecule has 0 unspecified atom stereocenters. The second kappa shape index (κ2) is 3.36. The Kier molecular flexibility index (Phi) is 2.44. The first-order valence-corrected chi connectivity index (χ1v) is 3.50. The van der Waals surface area contributed by atoms with Crippen LogP contribution >= 0.6 is 0 Å². The highest BCUT2D eigenvalue weighted by Crippen LogP contribution is 2.12. The Bertz CT molecular complexity index is 237. The van der Waals surface area contributed by atoms with Gasteiger partial charge in [0.1, 0.15) is 6.23 Å². The van der Waals surface area contributed by atoms with Gasteiger partial charge in [-0.05, 0) is 0 Å². The summed E-state index contributed by atoms with van der Waals surface area (Å²) in [6, 6.07) is 0. The van der Waals surface area contributed by atoms with Crippen LogP contribution in [0.15, 0.2) is 11.8 Å².